The van der Waals surface area contributed by atoms with Gasteiger partial charge in [0.1, 0.15) is 6.10 Å². The summed E-state index contributed by atoms with van der Waals surface area (Å²) >= 11 is 1.59. The van der Waals surface area contributed by atoms with Crippen molar-refractivity contribution in [2.75, 3.05) is 0 Å². The highest BCUT2D eigenvalue weighted by atomic mass is 32.1. The van der Waals surface area contributed by atoms with Crippen LogP contribution in [0.1, 0.15) is 42.4 Å². The van der Waals surface area contributed by atoms with Gasteiger partial charge in [0.05, 0.1) is 23.2 Å². The molecule has 0 bridgehead atoms. The van der Waals surface area contributed by atoms with Gasteiger partial charge in [-0.25, -0.2) is 9.97 Å². The zero-order valence-corrected chi connectivity index (χ0v) is 11.1. The Morgan fingerprint density at radius 1 is 1.47 bits per heavy atom. The third kappa shape index (κ3) is 2.73. The van der Waals surface area contributed by atoms with E-state index in [1.54, 1.807) is 23.9 Å². The number of hydrogen-bond acceptors (Lipinski definition) is 4. The van der Waals surface area contributed by atoms with Gasteiger partial charge in [0, 0.05) is 23.5 Å². The molecule has 2 aromatic rings. The van der Waals surface area contributed by atoms with Crippen molar-refractivity contribution >= 4 is 11.3 Å². The molecule has 0 spiro atoms. The Hall–Kier alpha value is -1.20. The lowest BCUT2D eigenvalue weighted by Crippen LogP contribution is -2.10. The van der Waals surface area contributed by atoms with E-state index < -0.39 is 6.10 Å². The van der Waals surface area contributed by atoms with Gasteiger partial charge in [0.2, 0.25) is 0 Å². The number of thiazole rings is 1. The molecule has 5 heteroatoms. The molecule has 2 heterocycles. The average Bonchev–Trinajstić information content (AvgIpc) is 2.86. The number of aromatic nitrogens is 3. The molecule has 0 aliphatic rings. The summed E-state index contributed by atoms with van der Waals surface area (Å²) in [6.45, 7) is 6.11. The van der Waals surface area contributed by atoms with Crippen LogP contribution < -0.4 is 0 Å². The predicted molar refractivity (Wildman–Crippen MR) is 68.1 cm³/mol. The van der Waals surface area contributed by atoms with Crippen molar-refractivity contribution in [3.05, 3.63) is 34.3 Å². The minimum atomic E-state index is -0.537. The largest absolute Gasteiger partial charge is 0.386 e. The highest BCUT2D eigenvalue weighted by Crippen LogP contribution is 2.22. The fourth-order valence-corrected chi connectivity index (χ4v) is 2.58. The Balaban J connectivity index is 2.14. The van der Waals surface area contributed by atoms with Crippen LogP contribution in [-0.4, -0.2) is 19.6 Å². The van der Waals surface area contributed by atoms with Crippen LogP contribution >= 0.6 is 11.3 Å². The van der Waals surface area contributed by atoms with Gasteiger partial charge < -0.3 is 9.67 Å². The Morgan fingerprint density at radius 3 is 2.82 bits per heavy atom. The number of aryl methyl sites for hydroxylation is 1. The molecule has 0 amide bonds. The third-order valence-electron chi connectivity index (χ3n) is 2.63. The van der Waals surface area contributed by atoms with Crippen LogP contribution in [0.25, 0.3) is 0 Å². The van der Waals surface area contributed by atoms with E-state index in [0.717, 1.165) is 16.4 Å². The van der Waals surface area contributed by atoms with Gasteiger partial charge in [-0.3, -0.25) is 0 Å². The Labute approximate surface area is 105 Å². The first-order valence-electron chi connectivity index (χ1n) is 5.68. The van der Waals surface area contributed by atoms with Crippen molar-refractivity contribution in [1.29, 1.82) is 0 Å². The number of imidazole rings is 1. The maximum atomic E-state index is 10.2. The molecule has 0 radical (unpaired) electrons. The lowest BCUT2D eigenvalue weighted by molar-refractivity contribution is 0.167. The zero-order valence-electron chi connectivity index (χ0n) is 10.3. The van der Waals surface area contributed by atoms with E-state index in [1.807, 2.05) is 16.9 Å². The van der Waals surface area contributed by atoms with E-state index in [1.165, 1.54) is 0 Å². The van der Waals surface area contributed by atoms with Crippen molar-refractivity contribution < 1.29 is 5.11 Å². The maximum absolute atomic E-state index is 10.2. The molecule has 1 N–H and O–H groups in total. The number of aliphatic hydroxyl groups is 1. The summed E-state index contributed by atoms with van der Waals surface area (Å²) in [6.07, 6.45) is 3.50. The van der Waals surface area contributed by atoms with E-state index in [0.29, 0.717) is 12.5 Å². The van der Waals surface area contributed by atoms with Crippen LogP contribution in [0.5, 0.6) is 0 Å². The molecule has 0 aliphatic carbocycles. The van der Waals surface area contributed by atoms with Crippen LogP contribution in [0.4, 0.5) is 0 Å². The first kappa shape index (κ1) is 12.3. The number of hydrogen-bond donors (Lipinski definition) is 1. The topological polar surface area (TPSA) is 50.9 Å². The smallest absolute Gasteiger partial charge is 0.102 e. The standard InChI is InChI=1S/C12H17N3OS/c1-8(2)15-7-13-5-10(15)11(16)4-12-14-9(3)6-17-12/h5-8,11,16H,4H2,1-3H3. The fraction of sp³-hybridized carbons (Fsp3) is 0.500. The molecule has 2 aromatic heterocycles. The summed E-state index contributed by atoms with van der Waals surface area (Å²) in [5, 5.41) is 13.2. The van der Waals surface area contributed by atoms with Gasteiger partial charge in [-0.2, -0.15) is 0 Å². The summed E-state index contributed by atoms with van der Waals surface area (Å²) in [6, 6.07) is 0.306. The van der Waals surface area contributed by atoms with E-state index in [2.05, 4.69) is 23.8 Å². The monoisotopic (exact) mass is 251 g/mol. The SMILES string of the molecule is Cc1csc(CC(O)c2cncn2C(C)C)n1. The summed E-state index contributed by atoms with van der Waals surface area (Å²) < 4.78 is 1.99. The van der Waals surface area contributed by atoms with Gasteiger partial charge >= 0.3 is 0 Å². The number of aliphatic hydroxyl groups excluding tert-OH is 1. The summed E-state index contributed by atoms with van der Waals surface area (Å²) in [5.74, 6) is 0. The van der Waals surface area contributed by atoms with E-state index in [4.69, 9.17) is 0 Å². The molecule has 1 atom stereocenters. The van der Waals surface area contributed by atoms with Crippen LogP contribution in [0, 0.1) is 6.92 Å². The molecular formula is C12H17N3OS. The molecule has 4 nitrogen and oxygen atoms in total. The molecule has 92 valence electrons. The lowest BCUT2D eigenvalue weighted by atomic mass is 10.2. The van der Waals surface area contributed by atoms with Gasteiger partial charge in [-0.15, -0.1) is 11.3 Å². The maximum Gasteiger partial charge on any atom is 0.102 e. The first-order chi connectivity index (χ1) is 8.08. The molecular weight excluding hydrogens is 234 g/mol. The molecule has 0 saturated heterocycles. The minimum absolute atomic E-state index is 0.306. The second-order valence-corrected chi connectivity index (χ2v) is 5.36. The van der Waals surface area contributed by atoms with Gasteiger partial charge in [-0.1, -0.05) is 0 Å². The molecule has 1 unspecified atom stereocenters. The number of nitrogens with zero attached hydrogens (tertiary/aromatic N) is 3. The van der Waals surface area contributed by atoms with Crippen molar-refractivity contribution in [3.8, 4) is 0 Å². The Morgan fingerprint density at radius 2 is 2.24 bits per heavy atom. The highest BCUT2D eigenvalue weighted by Gasteiger charge is 2.16. The van der Waals surface area contributed by atoms with Gasteiger partial charge in [0.15, 0.2) is 0 Å². The normalized spacial score (nSPS) is 13.2. The molecule has 17 heavy (non-hydrogen) atoms. The summed E-state index contributed by atoms with van der Waals surface area (Å²) in [5.41, 5.74) is 1.86. The average molecular weight is 251 g/mol. The second-order valence-electron chi connectivity index (χ2n) is 4.42. The molecule has 0 aromatic carbocycles. The molecule has 0 aliphatic heterocycles. The van der Waals surface area contributed by atoms with Gasteiger partial charge in [-0.05, 0) is 20.8 Å². The van der Waals surface area contributed by atoms with Crippen LogP contribution in [-0.2, 0) is 6.42 Å². The quantitative estimate of drug-likeness (QED) is 0.908. The van der Waals surface area contributed by atoms with Crippen LogP contribution in [0.2, 0.25) is 0 Å². The first-order valence-corrected chi connectivity index (χ1v) is 6.56. The Kier molecular flexibility index (Phi) is 3.59. The van der Waals surface area contributed by atoms with Crippen molar-refractivity contribution in [2.45, 2.75) is 39.3 Å². The van der Waals surface area contributed by atoms with Crippen LogP contribution in [0.15, 0.2) is 17.9 Å². The van der Waals surface area contributed by atoms with Crippen molar-refractivity contribution in [2.24, 2.45) is 0 Å². The van der Waals surface area contributed by atoms with E-state index in [9.17, 15) is 5.11 Å². The minimum Gasteiger partial charge on any atom is -0.386 e. The van der Waals surface area contributed by atoms with Crippen molar-refractivity contribution in [1.82, 2.24) is 14.5 Å². The Bertz CT molecular complexity index is 489. The molecule has 0 saturated carbocycles. The predicted octanol–water partition coefficient (Wildman–Crippen LogP) is 2.51. The molecule has 0 fully saturated rings. The lowest BCUT2D eigenvalue weighted by Gasteiger charge is -2.15. The third-order valence-corrected chi connectivity index (χ3v) is 3.62. The van der Waals surface area contributed by atoms with Crippen molar-refractivity contribution in [3.63, 3.8) is 0 Å². The second kappa shape index (κ2) is 4.98. The van der Waals surface area contributed by atoms with Crippen LogP contribution in [0.3, 0.4) is 0 Å². The van der Waals surface area contributed by atoms with Gasteiger partial charge in [0.25, 0.3) is 0 Å². The summed E-state index contributed by atoms with van der Waals surface area (Å²) in [7, 11) is 0. The molecule has 2 rings (SSSR count). The fourth-order valence-electron chi connectivity index (χ4n) is 1.77. The van der Waals surface area contributed by atoms with E-state index in [-0.39, 0.29) is 0 Å². The summed E-state index contributed by atoms with van der Waals surface area (Å²) in [4.78, 5) is 8.46. The van der Waals surface area contributed by atoms with E-state index >= 15 is 0 Å². The highest BCUT2D eigenvalue weighted by molar-refractivity contribution is 7.09. The zero-order chi connectivity index (χ0) is 12.4. The number of rotatable bonds is 4.